The van der Waals surface area contributed by atoms with Crippen LogP contribution in [0.25, 0.3) is 0 Å². The van der Waals surface area contributed by atoms with Crippen molar-refractivity contribution in [3.63, 3.8) is 0 Å². The molecule has 3 unspecified atom stereocenters. The topological polar surface area (TPSA) is 45.1 Å². The first-order valence-electron chi connectivity index (χ1n) is 14.2. The minimum absolute atomic E-state index is 0.0157. The predicted octanol–water partition coefficient (Wildman–Crippen LogP) is 6.29. The summed E-state index contributed by atoms with van der Waals surface area (Å²) in [5.74, 6) is 0.669. The lowest BCUT2D eigenvalue weighted by atomic mass is 9.72. The van der Waals surface area contributed by atoms with E-state index < -0.39 is 5.54 Å². The van der Waals surface area contributed by atoms with Crippen LogP contribution in [0.1, 0.15) is 69.0 Å². The summed E-state index contributed by atoms with van der Waals surface area (Å²) >= 11 is 0. The lowest BCUT2D eigenvalue weighted by Crippen LogP contribution is -2.53. The number of benzene rings is 2. The molecule has 1 saturated carbocycles. The minimum Gasteiger partial charge on any atom is -0.467 e. The normalized spacial score (nSPS) is 26.1. The molecule has 0 amide bonds. The number of carbonyl (C=O) groups is 1. The van der Waals surface area contributed by atoms with Crippen LogP contribution in [0.2, 0.25) is 0 Å². The zero-order chi connectivity index (χ0) is 27.1. The van der Waals surface area contributed by atoms with Crippen molar-refractivity contribution in [1.29, 1.82) is 0 Å². The van der Waals surface area contributed by atoms with Gasteiger partial charge in [-0.05, 0) is 81.3 Å². The number of ether oxygens (including phenoxy) is 1. The summed E-state index contributed by atoms with van der Waals surface area (Å²) in [5, 5.41) is 0. The number of hydrogen-bond acceptors (Lipinski definition) is 5. The number of aliphatic imine (C=N–C) groups is 1. The third-order valence-corrected chi connectivity index (χ3v) is 8.72. The van der Waals surface area contributed by atoms with Gasteiger partial charge in [0, 0.05) is 12.6 Å². The molecule has 0 bridgehead atoms. The van der Waals surface area contributed by atoms with Crippen molar-refractivity contribution in [2.24, 2.45) is 16.8 Å². The first-order valence-corrected chi connectivity index (χ1v) is 14.2. The van der Waals surface area contributed by atoms with E-state index in [0.717, 1.165) is 51.5 Å². The van der Waals surface area contributed by atoms with Gasteiger partial charge in [0.2, 0.25) is 0 Å². The summed E-state index contributed by atoms with van der Waals surface area (Å²) in [5.41, 5.74) is 1.66. The summed E-state index contributed by atoms with van der Waals surface area (Å²) in [7, 11) is 5.73. The molecule has 0 N–H and O–H groups in total. The Hall–Kier alpha value is -2.73. The SMILES string of the molecule is CCCC1(C(=O)OC)N=CN(CCc2ccccc2)C1CC1CCC(C(c2ccc(F)cc2)N(C)C)CC1. The van der Waals surface area contributed by atoms with Gasteiger partial charge in [-0.3, -0.25) is 4.99 Å². The number of nitrogens with zero attached hydrogens (tertiary/aromatic N) is 3. The second-order valence-electron chi connectivity index (χ2n) is 11.4. The molecule has 2 aromatic carbocycles. The Kier molecular flexibility index (Phi) is 9.59. The van der Waals surface area contributed by atoms with Crippen LogP contribution in [0.4, 0.5) is 4.39 Å². The Labute approximate surface area is 228 Å². The molecule has 3 atom stereocenters. The van der Waals surface area contributed by atoms with Crippen LogP contribution in [-0.2, 0) is 16.0 Å². The second kappa shape index (κ2) is 12.9. The van der Waals surface area contributed by atoms with Crippen LogP contribution >= 0.6 is 0 Å². The van der Waals surface area contributed by atoms with Gasteiger partial charge in [0.25, 0.3) is 0 Å². The molecule has 206 valence electrons. The fourth-order valence-electron chi connectivity index (χ4n) is 6.85. The van der Waals surface area contributed by atoms with Crippen molar-refractivity contribution in [2.45, 2.75) is 75.9 Å². The van der Waals surface area contributed by atoms with Gasteiger partial charge in [0.05, 0.1) is 19.5 Å². The molecule has 1 aliphatic heterocycles. The first kappa shape index (κ1) is 28.3. The third-order valence-electron chi connectivity index (χ3n) is 8.72. The van der Waals surface area contributed by atoms with Crippen molar-refractivity contribution >= 4 is 12.3 Å². The summed E-state index contributed by atoms with van der Waals surface area (Å²) in [4.78, 5) is 22.7. The zero-order valence-electron chi connectivity index (χ0n) is 23.5. The highest BCUT2D eigenvalue weighted by Gasteiger charge is 2.52. The Morgan fingerprint density at radius 3 is 2.39 bits per heavy atom. The lowest BCUT2D eigenvalue weighted by molar-refractivity contribution is -0.149. The number of esters is 1. The highest BCUT2D eigenvalue weighted by Crippen LogP contribution is 2.43. The molecular weight excluding hydrogens is 477 g/mol. The van der Waals surface area contributed by atoms with Gasteiger partial charge in [-0.15, -0.1) is 0 Å². The van der Waals surface area contributed by atoms with Crippen LogP contribution in [0.5, 0.6) is 0 Å². The maximum Gasteiger partial charge on any atom is 0.335 e. The molecule has 5 nitrogen and oxygen atoms in total. The number of methoxy groups -OCH3 is 1. The van der Waals surface area contributed by atoms with Crippen molar-refractivity contribution in [3.05, 3.63) is 71.5 Å². The summed E-state index contributed by atoms with van der Waals surface area (Å²) in [6.45, 7) is 2.95. The van der Waals surface area contributed by atoms with Crippen LogP contribution in [0.15, 0.2) is 59.6 Å². The van der Waals surface area contributed by atoms with E-state index >= 15 is 0 Å². The average Bonchev–Trinajstić information content (AvgIpc) is 3.27. The van der Waals surface area contributed by atoms with E-state index in [4.69, 9.17) is 9.73 Å². The molecule has 0 radical (unpaired) electrons. The summed E-state index contributed by atoms with van der Waals surface area (Å²) in [6, 6.07) is 17.8. The quantitative estimate of drug-likeness (QED) is 0.326. The zero-order valence-corrected chi connectivity index (χ0v) is 23.5. The number of carbonyl (C=O) groups excluding carboxylic acids is 1. The Balaban J connectivity index is 1.47. The van der Waals surface area contributed by atoms with Gasteiger partial charge in [-0.25, -0.2) is 9.18 Å². The van der Waals surface area contributed by atoms with Gasteiger partial charge in [-0.2, -0.15) is 0 Å². The number of hydrogen-bond donors (Lipinski definition) is 0. The monoisotopic (exact) mass is 521 g/mol. The fraction of sp³-hybridized carbons (Fsp3) is 0.562. The van der Waals surface area contributed by atoms with E-state index in [1.807, 2.05) is 24.5 Å². The van der Waals surface area contributed by atoms with E-state index in [1.165, 1.54) is 18.2 Å². The first-order chi connectivity index (χ1) is 18.4. The van der Waals surface area contributed by atoms with E-state index in [1.54, 1.807) is 12.1 Å². The van der Waals surface area contributed by atoms with Gasteiger partial charge in [-0.1, -0.05) is 68.7 Å². The highest BCUT2D eigenvalue weighted by molar-refractivity contribution is 5.86. The summed E-state index contributed by atoms with van der Waals surface area (Å²) < 4.78 is 18.9. The van der Waals surface area contributed by atoms with Crippen LogP contribution in [-0.4, -0.2) is 61.4 Å². The Morgan fingerprint density at radius 2 is 1.79 bits per heavy atom. The van der Waals surface area contributed by atoms with Crippen molar-refractivity contribution in [1.82, 2.24) is 9.80 Å². The molecule has 2 aliphatic rings. The molecule has 0 spiro atoms. The van der Waals surface area contributed by atoms with E-state index in [2.05, 4.69) is 55.1 Å². The van der Waals surface area contributed by atoms with Crippen LogP contribution in [0, 0.1) is 17.7 Å². The van der Waals surface area contributed by atoms with Gasteiger partial charge < -0.3 is 14.5 Å². The molecule has 0 saturated heterocycles. The smallest absolute Gasteiger partial charge is 0.335 e. The predicted molar refractivity (Wildman–Crippen MR) is 152 cm³/mol. The molecule has 38 heavy (non-hydrogen) atoms. The molecule has 1 heterocycles. The summed E-state index contributed by atoms with van der Waals surface area (Å²) in [6.07, 6.45) is 9.87. The van der Waals surface area contributed by atoms with Crippen LogP contribution < -0.4 is 0 Å². The molecule has 1 fully saturated rings. The standard InChI is InChI=1S/C32H44FN3O2/c1-5-20-32(31(37)38-4)29(36(23-34-32)21-19-24-9-7-6-8-10-24)22-25-11-13-26(14-12-25)30(35(2)3)27-15-17-28(33)18-16-27/h6-10,15-18,23,25-26,29-30H,5,11-14,19-22H2,1-4H3. The molecule has 2 aromatic rings. The van der Waals surface area contributed by atoms with Gasteiger partial charge in [0.15, 0.2) is 5.54 Å². The molecule has 0 aromatic heterocycles. The van der Waals surface area contributed by atoms with Crippen molar-refractivity contribution in [3.8, 4) is 0 Å². The largest absolute Gasteiger partial charge is 0.467 e. The van der Waals surface area contributed by atoms with E-state index in [0.29, 0.717) is 18.3 Å². The maximum absolute atomic E-state index is 13.6. The number of halogens is 1. The lowest BCUT2D eigenvalue weighted by Gasteiger charge is -2.41. The van der Waals surface area contributed by atoms with E-state index in [9.17, 15) is 9.18 Å². The molecule has 1 aliphatic carbocycles. The number of rotatable bonds is 11. The maximum atomic E-state index is 13.6. The Bertz CT molecular complexity index is 1050. The second-order valence-corrected chi connectivity index (χ2v) is 11.4. The Morgan fingerprint density at radius 1 is 1.11 bits per heavy atom. The molecule has 6 heteroatoms. The highest BCUT2D eigenvalue weighted by atomic mass is 19.1. The van der Waals surface area contributed by atoms with Crippen LogP contribution in [0.3, 0.4) is 0 Å². The fourth-order valence-corrected chi connectivity index (χ4v) is 6.85. The van der Waals surface area contributed by atoms with Gasteiger partial charge in [0.1, 0.15) is 5.82 Å². The van der Waals surface area contributed by atoms with Crippen molar-refractivity contribution in [2.75, 3.05) is 27.7 Å². The average molecular weight is 522 g/mol. The molecular formula is C32H44FN3O2. The third kappa shape index (κ3) is 6.28. The minimum atomic E-state index is -0.822. The van der Waals surface area contributed by atoms with E-state index in [-0.39, 0.29) is 23.9 Å². The molecule has 4 rings (SSSR count). The van der Waals surface area contributed by atoms with Gasteiger partial charge >= 0.3 is 5.97 Å². The van der Waals surface area contributed by atoms with Crippen molar-refractivity contribution < 1.29 is 13.9 Å².